The van der Waals surface area contributed by atoms with Crippen molar-refractivity contribution in [2.75, 3.05) is 19.7 Å². The van der Waals surface area contributed by atoms with E-state index in [0.29, 0.717) is 31.0 Å². The highest BCUT2D eigenvalue weighted by Gasteiger charge is 2.35. The Balaban J connectivity index is 1.58. The standard InChI is InChI=1S/C34H35F4NO3/c1-24(23-42-29-16-8-10-25(18-29)19-32(40)41)20-39(21-28-15-9-17-31(33(28)35)34(36,37)38)22-30(26-11-4-2-5-12-26)27-13-6-3-7-14-27/h2-18,24,30,32,40-41H,19-23H2,1H3. The summed E-state index contributed by atoms with van der Waals surface area (Å²) in [6.07, 6.45) is -6.18. The first-order chi connectivity index (χ1) is 20.1. The fourth-order valence-electron chi connectivity index (χ4n) is 5.10. The summed E-state index contributed by atoms with van der Waals surface area (Å²) in [5.41, 5.74) is 1.51. The second-order valence-corrected chi connectivity index (χ2v) is 10.6. The number of benzene rings is 4. The van der Waals surface area contributed by atoms with Crippen LogP contribution < -0.4 is 4.74 Å². The molecular formula is C34H35F4NO3. The van der Waals surface area contributed by atoms with E-state index in [-0.39, 0.29) is 30.4 Å². The van der Waals surface area contributed by atoms with Gasteiger partial charge in [-0.25, -0.2) is 4.39 Å². The van der Waals surface area contributed by atoms with Crippen LogP contribution in [0.25, 0.3) is 0 Å². The molecule has 0 bridgehead atoms. The van der Waals surface area contributed by atoms with Crippen LogP contribution in [0.4, 0.5) is 17.6 Å². The van der Waals surface area contributed by atoms with E-state index in [1.54, 1.807) is 24.3 Å². The number of hydrogen-bond donors (Lipinski definition) is 2. The molecule has 42 heavy (non-hydrogen) atoms. The van der Waals surface area contributed by atoms with Gasteiger partial charge in [0.2, 0.25) is 0 Å². The number of rotatable bonds is 13. The van der Waals surface area contributed by atoms with Crippen LogP contribution in [0.1, 0.15) is 40.7 Å². The average Bonchev–Trinajstić information content (AvgIpc) is 2.96. The predicted octanol–water partition coefficient (Wildman–Crippen LogP) is 7.05. The predicted molar refractivity (Wildman–Crippen MR) is 154 cm³/mol. The van der Waals surface area contributed by atoms with Crippen molar-refractivity contribution >= 4 is 0 Å². The fourth-order valence-corrected chi connectivity index (χ4v) is 5.10. The topological polar surface area (TPSA) is 52.9 Å². The maximum atomic E-state index is 15.1. The highest BCUT2D eigenvalue weighted by Crippen LogP contribution is 2.33. The average molecular weight is 582 g/mol. The Labute approximate surface area is 243 Å². The Morgan fingerprint density at radius 3 is 2.00 bits per heavy atom. The molecule has 222 valence electrons. The molecular weight excluding hydrogens is 546 g/mol. The van der Waals surface area contributed by atoms with Crippen molar-refractivity contribution in [3.05, 3.63) is 137 Å². The monoisotopic (exact) mass is 581 g/mol. The molecule has 8 heteroatoms. The van der Waals surface area contributed by atoms with Gasteiger partial charge in [-0.15, -0.1) is 0 Å². The molecule has 0 spiro atoms. The van der Waals surface area contributed by atoms with Crippen molar-refractivity contribution in [1.82, 2.24) is 4.90 Å². The van der Waals surface area contributed by atoms with Gasteiger partial charge in [-0.05, 0) is 34.9 Å². The summed E-state index contributed by atoms with van der Waals surface area (Å²) in [5, 5.41) is 18.5. The summed E-state index contributed by atoms with van der Waals surface area (Å²) in [5.74, 6) is -0.853. The molecule has 0 saturated carbocycles. The van der Waals surface area contributed by atoms with Crippen LogP contribution >= 0.6 is 0 Å². The van der Waals surface area contributed by atoms with E-state index in [1.807, 2.05) is 72.5 Å². The molecule has 0 aliphatic heterocycles. The molecule has 0 amide bonds. The van der Waals surface area contributed by atoms with Gasteiger partial charge in [-0.2, -0.15) is 13.2 Å². The number of aliphatic hydroxyl groups is 2. The van der Waals surface area contributed by atoms with Gasteiger partial charge in [0.1, 0.15) is 11.6 Å². The van der Waals surface area contributed by atoms with E-state index < -0.39 is 23.8 Å². The SMILES string of the molecule is CC(COc1cccc(CC(O)O)c1)CN(Cc1cccc(C(F)(F)F)c1F)CC(c1ccccc1)c1ccccc1. The third kappa shape index (κ3) is 8.89. The molecule has 0 aliphatic carbocycles. The van der Waals surface area contributed by atoms with Crippen LogP contribution in [0, 0.1) is 11.7 Å². The highest BCUT2D eigenvalue weighted by molar-refractivity contribution is 5.34. The summed E-state index contributed by atoms with van der Waals surface area (Å²) >= 11 is 0. The minimum Gasteiger partial charge on any atom is -0.493 e. The number of ether oxygens (including phenoxy) is 1. The van der Waals surface area contributed by atoms with Crippen molar-refractivity contribution in [3.63, 3.8) is 0 Å². The number of hydrogen-bond acceptors (Lipinski definition) is 4. The Morgan fingerprint density at radius 1 is 0.786 bits per heavy atom. The van der Waals surface area contributed by atoms with E-state index >= 15 is 4.39 Å². The van der Waals surface area contributed by atoms with E-state index in [2.05, 4.69) is 0 Å². The molecule has 4 aromatic carbocycles. The first-order valence-electron chi connectivity index (χ1n) is 13.8. The van der Waals surface area contributed by atoms with Crippen LogP contribution in [0.15, 0.2) is 103 Å². The number of nitrogens with zero attached hydrogens (tertiary/aromatic N) is 1. The number of aliphatic hydroxyl groups excluding tert-OH is 1. The molecule has 4 nitrogen and oxygen atoms in total. The molecule has 4 rings (SSSR count). The summed E-state index contributed by atoms with van der Waals surface area (Å²) in [4.78, 5) is 1.98. The minimum atomic E-state index is -4.79. The van der Waals surface area contributed by atoms with Gasteiger partial charge in [0, 0.05) is 43.5 Å². The van der Waals surface area contributed by atoms with Gasteiger partial charge in [0.25, 0.3) is 0 Å². The largest absolute Gasteiger partial charge is 0.493 e. The van der Waals surface area contributed by atoms with Crippen LogP contribution in [-0.4, -0.2) is 41.1 Å². The van der Waals surface area contributed by atoms with Crippen molar-refractivity contribution < 1.29 is 32.5 Å². The molecule has 0 saturated heterocycles. The first-order valence-corrected chi connectivity index (χ1v) is 13.8. The lowest BCUT2D eigenvalue weighted by molar-refractivity contribution is -0.140. The van der Waals surface area contributed by atoms with E-state index in [1.165, 1.54) is 12.1 Å². The van der Waals surface area contributed by atoms with E-state index in [9.17, 15) is 23.4 Å². The molecule has 0 fully saturated rings. The maximum Gasteiger partial charge on any atom is 0.419 e. The quantitative estimate of drug-likeness (QED) is 0.131. The Bertz CT molecular complexity index is 1360. The Hall–Kier alpha value is -3.72. The van der Waals surface area contributed by atoms with Gasteiger partial charge in [0.15, 0.2) is 6.29 Å². The van der Waals surface area contributed by atoms with Gasteiger partial charge in [0.05, 0.1) is 12.2 Å². The lowest BCUT2D eigenvalue weighted by Gasteiger charge is -2.31. The van der Waals surface area contributed by atoms with Crippen molar-refractivity contribution in [3.8, 4) is 5.75 Å². The lowest BCUT2D eigenvalue weighted by atomic mass is 9.90. The zero-order chi connectivity index (χ0) is 30.1. The minimum absolute atomic E-state index is 0.0138. The molecule has 0 aliphatic rings. The summed E-state index contributed by atoms with van der Waals surface area (Å²) in [6.45, 7) is 3.13. The van der Waals surface area contributed by atoms with Crippen molar-refractivity contribution in [2.24, 2.45) is 5.92 Å². The van der Waals surface area contributed by atoms with Crippen molar-refractivity contribution in [1.29, 1.82) is 0 Å². The summed E-state index contributed by atoms with van der Waals surface area (Å²) < 4.78 is 61.6. The smallest absolute Gasteiger partial charge is 0.419 e. The number of alkyl halides is 3. The second-order valence-electron chi connectivity index (χ2n) is 10.6. The molecule has 0 heterocycles. The Morgan fingerprint density at radius 2 is 1.40 bits per heavy atom. The van der Waals surface area contributed by atoms with Crippen LogP contribution in [0.2, 0.25) is 0 Å². The molecule has 0 aromatic heterocycles. The van der Waals surface area contributed by atoms with Gasteiger partial charge in [-0.3, -0.25) is 4.90 Å². The van der Waals surface area contributed by atoms with Crippen molar-refractivity contribution in [2.45, 2.75) is 38.3 Å². The molecule has 1 unspecified atom stereocenters. The highest BCUT2D eigenvalue weighted by atomic mass is 19.4. The van der Waals surface area contributed by atoms with Crippen LogP contribution in [-0.2, 0) is 19.1 Å². The molecule has 4 aromatic rings. The lowest BCUT2D eigenvalue weighted by Crippen LogP contribution is -2.34. The molecule has 0 radical (unpaired) electrons. The van der Waals surface area contributed by atoms with Gasteiger partial charge < -0.3 is 14.9 Å². The zero-order valence-electron chi connectivity index (χ0n) is 23.3. The van der Waals surface area contributed by atoms with Crippen LogP contribution in [0.5, 0.6) is 5.75 Å². The summed E-state index contributed by atoms with van der Waals surface area (Å²) in [7, 11) is 0. The first kappa shape index (κ1) is 31.2. The van der Waals surface area contributed by atoms with Crippen LogP contribution in [0.3, 0.4) is 0 Å². The van der Waals surface area contributed by atoms with Gasteiger partial charge >= 0.3 is 6.18 Å². The maximum absolute atomic E-state index is 15.1. The fraction of sp³-hybridized carbons (Fsp3) is 0.294. The second kappa shape index (κ2) is 14.4. The van der Waals surface area contributed by atoms with E-state index in [4.69, 9.17) is 4.74 Å². The molecule has 2 N–H and O–H groups in total. The Kier molecular flexibility index (Phi) is 10.7. The molecule has 1 atom stereocenters. The third-order valence-electron chi connectivity index (χ3n) is 7.04. The normalized spacial score (nSPS) is 12.7. The third-order valence-corrected chi connectivity index (χ3v) is 7.04. The summed E-state index contributed by atoms with van der Waals surface area (Å²) in [6, 6.07) is 30.2. The zero-order valence-corrected chi connectivity index (χ0v) is 23.3. The van der Waals surface area contributed by atoms with Gasteiger partial charge in [-0.1, -0.05) is 91.9 Å². The number of halogens is 4. The van der Waals surface area contributed by atoms with E-state index in [0.717, 1.165) is 17.2 Å².